The number of esters is 4. The van der Waals surface area contributed by atoms with E-state index in [9.17, 15) is 71.9 Å². The number of cyclic esters (lactones) is 1. The lowest BCUT2D eigenvalue weighted by atomic mass is 9.87. The summed E-state index contributed by atoms with van der Waals surface area (Å²) in [6.07, 6.45) is -35.1. The predicted octanol–water partition coefficient (Wildman–Crippen LogP) is 5.76. The number of halogens is 12. The van der Waals surface area contributed by atoms with Crippen molar-refractivity contribution >= 4 is 23.9 Å². The molecule has 1 unspecified atom stereocenters. The second-order valence-electron chi connectivity index (χ2n) is 9.51. The van der Waals surface area contributed by atoms with E-state index in [4.69, 9.17) is 9.47 Å². The highest BCUT2D eigenvalue weighted by Gasteiger charge is 2.64. The largest absolute Gasteiger partial charge is 0.463 e. The Bertz CT molecular complexity index is 892. The summed E-state index contributed by atoms with van der Waals surface area (Å²) >= 11 is 0. The molecule has 1 aliphatic rings. The summed E-state index contributed by atoms with van der Waals surface area (Å²) < 4.78 is 165. The maximum Gasteiger partial charge on any atom is 0.434 e. The van der Waals surface area contributed by atoms with Crippen LogP contribution in [0.5, 0.6) is 0 Å². The lowest BCUT2D eigenvalue weighted by molar-refractivity contribution is -0.320. The van der Waals surface area contributed by atoms with Crippen LogP contribution in [-0.2, 0) is 38.1 Å². The van der Waals surface area contributed by atoms with Gasteiger partial charge in [0, 0.05) is 6.42 Å². The van der Waals surface area contributed by atoms with E-state index in [1.807, 2.05) is 6.92 Å². The third-order valence-electron chi connectivity index (χ3n) is 5.82. The standard InChI is InChI=1S/C12H10F12O4.C10H16O4/c1-3-8(2,6(25)27-4(9(13,14)15)10(16,17)18)7(26)28-5(11(19,20)21)12(22,23)24;1-4-10(2,3)9(12)14-7-5-6-13-8(7)11/h4-5H,3H2,1-2H3;7H,4-6H2,1-3H3. The fourth-order valence-electron chi connectivity index (χ4n) is 2.50. The van der Waals surface area contributed by atoms with Gasteiger partial charge in [0.25, 0.3) is 12.2 Å². The van der Waals surface area contributed by atoms with Crippen molar-refractivity contribution in [1.82, 2.24) is 0 Å². The maximum absolute atomic E-state index is 12.4. The molecule has 0 aromatic rings. The Morgan fingerprint density at radius 3 is 1.31 bits per heavy atom. The van der Waals surface area contributed by atoms with Crippen LogP contribution in [0.15, 0.2) is 0 Å². The third kappa shape index (κ3) is 10.7. The lowest BCUT2D eigenvalue weighted by Gasteiger charge is -2.31. The zero-order chi connectivity index (χ0) is 33.7. The fourth-order valence-corrected chi connectivity index (χ4v) is 2.50. The van der Waals surface area contributed by atoms with Crippen LogP contribution in [0, 0.1) is 10.8 Å². The highest BCUT2D eigenvalue weighted by atomic mass is 19.4. The molecule has 1 heterocycles. The van der Waals surface area contributed by atoms with E-state index in [1.54, 1.807) is 13.8 Å². The van der Waals surface area contributed by atoms with Crippen LogP contribution in [0.1, 0.15) is 53.9 Å². The van der Waals surface area contributed by atoms with Gasteiger partial charge in [-0.2, -0.15) is 52.7 Å². The van der Waals surface area contributed by atoms with E-state index >= 15 is 0 Å². The number of carbonyl (C=O) groups is 4. The minimum absolute atomic E-state index is 0.172. The minimum Gasteiger partial charge on any atom is -0.463 e. The van der Waals surface area contributed by atoms with Gasteiger partial charge in [-0.25, -0.2) is 4.79 Å². The Kier molecular flexibility index (Phi) is 12.6. The van der Waals surface area contributed by atoms with Crippen molar-refractivity contribution in [2.24, 2.45) is 10.8 Å². The van der Waals surface area contributed by atoms with Crippen LogP contribution in [0.25, 0.3) is 0 Å². The van der Waals surface area contributed by atoms with Crippen molar-refractivity contribution in [3.8, 4) is 0 Å². The van der Waals surface area contributed by atoms with Crippen molar-refractivity contribution in [3.05, 3.63) is 0 Å². The van der Waals surface area contributed by atoms with Gasteiger partial charge in [-0.05, 0) is 33.6 Å². The van der Waals surface area contributed by atoms with Gasteiger partial charge in [0.2, 0.25) is 6.10 Å². The molecule has 0 amide bonds. The number of rotatable bonds is 8. The quantitative estimate of drug-likeness (QED) is 0.142. The van der Waals surface area contributed by atoms with Gasteiger partial charge in [-0.1, -0.05) is 13.8 Å². The normalized spacial score (nSPS) is 16.9. The summed E-state index contributed by atoms with van der Waals surface area (Å²) in [6, 6.07) is 0. The van der Waals surface area contributed by atoms with Crippen molar-refractivity contribution in [2.45, 2.75) is 96.9 Å². The summed E-state index contributed by atoms with van der Waals surface area (Å²) in [6.45, 7) is 6.74. The first-order valence-electron chi connectivity index (χ1n) is 11.6. The van der Waals surface area contributed by atoms with Crippen molar-refractivity contribution < 1.29 is 90.8 Å². The second kappa shape index (κ2) is 13.6. The van der Waals surface area contributed by atoms with E-state index < -0.39 is 78.2 Å². The van der Waals surface area contributed by atoms with E-state index in [0.717, 1.165) is 0 Å². The van der Waals surface area contributed by atoms with Gasteiger partial charge in [0.15, 0.2) is 5.41 Å². The number of ether oxygens (including phenoxy) is 4. The molecule has 1 fully saturated rings. The summed E-state index contributed by atoms with van der Waals surface area (Å²) in [5, 5.41) is 0. The molecule has 0 N–H and O–H groups in total. The first kappa shape index (κ1) is 39.0. The Labute approximate surface area is 229 Å². The van der Waals surface area contributed by atoms with Gasteiger partial charge < -0.3 is 18.9 Å². The van der Waals surface area contributed by atoms with Crippen molar-refractivity contribution in [2.75, 3.05) is 6.61 Å². The molecular formula is C22H26F12O8. The summed E-state index contributed by atoms with van der Waals surface area (Å²) in [7, 11) is 0. The molecule has 20 heteroatoms. The highest BCUT2D eigenvalue weighted by molar-refractivity contribution is 5.99. The molecule has 1 rings (SSSR count). The first-order valence-corrected chi connectivity index (χ1v) is 11.6. The second-order valence-corrected chi connectivity index (χ2v) is 9.51. The molecule has 246 valence electrons. The van der Waals surface area contributed by atoms with E-state index in [2.05, 4.69) is 9.47 Å². The molecule has 0 spiro atoms. The molecule has 42 heavy (non-hydrogen) atoms. The van der Waals surface area contributed by atoms with Crippen LogP contribution in [-0.4, -0.2) is 73.5 Å². The van der Waals surface area contributed by atoms with Crippen LogP contribution in [0.2, 0.25) is 0 Å². The smallest absolute Gasteiger partial charge is 0.434 e. The Hall–Kier alpha value is -2.96. The molecule has 0 aromatic carbocycles. The molecule has 0 aliphatic carbocycles. The van der Waals surface area contributed by atoms with Gasteiger partial charge in [-0.15, -0.1) is 0 Å². The van der Waals surface area contributed by atoms with Gasteiger partial charge in [0.1, 0.15) is 0 Å². The van der Waals surface area contributed by atoms with Crippen molar-refractivity contribution in [3.63, 3.8) is 0 Å². The predicted molar refractivity (Wildman–Crippen MR) is 112 cm³/mol. The lowest BCUT2D eigenvalue weighted by Crippen LogP contribution is -2.52. The Balaban J connectivity index is 0.000000996. The van der Waals surface area contributed by atoms with E-state index in [-0.39, 0.29) is 12.9 Å². The minimum atomic E-state index is -6.23. The molecule has 0 aromatic heterocycles. The molecule has 1 aliphatic heterocycles. The van der Waals surface area contributed by atoms with Gasteiger partial charge in [-0.3, -0.25) is 14.4 Å². The zero-order valence-corrected chi connectivity index (χ0v) is 22.4. The van der Waals surface area contributed by atoms with Crippen LogP contribution in [0.4, 0.5) is 52.7 Å². The van der Waals surface area contributed by atoms with Gasteiger partial charge in [0.05, 0.1) is 12.0 Å². The number of hydrogen-bond acceptors (Lipinski definition) is 8. The van der Waals surface area contributed by atoms with Gasteiger partial charge >= 0.3 is 48.6 Å². The topological polar surface area (TPSA) is 105 Å². The molecule has 0 radical (unpaired) electrons. The van der Waals surface area contributed by atoms with Crippen molar-refractivity contribution in [1.29, 1.82) is 0 Å². The average Bonchev–Trinajstić information content (AvgIpc) is 3.21. The highest BCUT2D eigenvalue weighted by Crippen LogP contribution is 2.40. The fraction of sp³-hybridized carbons (Fsp3) is 0.818. The summed E-state index contributed by atoms with van der Waals surface area (Å²) in [4.78, 5) is 45.9. The molecule has 1 saturated heterocycles. The SMILES string of the molecule is CCC(C)(C(=O)OC(C(F)(F)F)C(F)(F)F)C(=O)OC(C(F)(F)F)C(F)(F)F.CCC(C)(C)C(=O)OC1CCOC1=O. The number of carbonyl (C=O) groups excluding carboxylic acids is 4. The third-order valence-corrected chi connectivity index (χ3v) is 5.82. The van der Waals surface area contributed by atoms with E-state index in [0.29, 0.717) is 26.4 Å². The molecule has 8 nitrogen and oxygen atoms in total. The van der Waals surface area contributed by atoms with Crippen LogP contribution >= 0.6 is 0 Å². The Morgan fingerprint density at radius 1 is 0.714 bits per heavy atom. The summed E-state index contributed by atoms with van der Waals surface area (Å²) in [5.74, 6) is -6.11. The monoisotopic (exact) mass is 646 g/mol. The first-order chi connectivity index (χ1) is 18.6. The van der Waals surface area contributed by atoms with Crippen LogP contribution in [0.3, 0.4) is 0 Å². The summed E-state index contributed by atoms with van der Waals surface area (Å²) in [5.41, 5.74) is -3.85. The molecular weight excluding hydrogens is 620 g/mol. The number of alkyl halides is 12. The molecule has 0 bridgehead atoms. The Morgan fingerprint density at radius 2 is 1.07 bits per heavy atom. The zero-order valence-electron chi connectivity index (χ0n) is 22.4. The number of hydrogen-bond donors (Lipinski definition) is 0. The van der Waals surface area contributed by atoms with Crippen LogP contribution < -0.4 is 0 Å². The maximum atomic E-state index is 12.4. The average molecular weight is 646 g/mol. The van der Waals surface area contributed by atoms with E-state index in [1.165, 1.54) is 0 Å². The molecule has 1 atom stereocenters. The molecule has 0 saturated carbocycles.